The molecule has 2 fully saturated rings. The summed E-state index contributed by atoms with van der Waals surface area (Å²) in [5, 5.41) is 0. The monoisotopic (exact) mass is 356 g/mol. The number of nitrogen functional groups attached to an aromatic ring is 1. The van der Waals surface area contributed by atoms with E-state index >= 15 is 0 Å². The fraction of sp³-hybridized carbons (Fsp3) is 0.529. The maximum absolute atomic E-state index is 6.27. The summed E-state index contributed by atoms with van der Waals surface area (Å²) in [6.45, 7) is 3.34. The summed E-state index contributed by atoms with van der Waals surface area (Å²) in [6, 6.07) is 0. The van der Waals surface area contributed by atoms with Crippen LogP contribution in [0.25, 0.3) is 11.4 Å². The van der Waals surface area contributed by atoms with Gasteiger partial charge in [0, 0.05) is 25.5 Å². The molecule has 2 aliphatic heterocycles. The smallest absolute Gasteiger partial charge is 0.263 e. The van der Waals surface area contributed by atoms with Crippen LogP contribution in [0, 0.1) is 5.92 Å². The summed E-state index contributed by atoms with van der Waals surface area (Å²) >= 11 is 0. The van der Waals surface area contributed by atoms with Gasteiger partial charge < -0.3 is 24.8 Å². The summed E-state index contributed by atoms with van der Waals surface area (Å²) < 4.78 is 17.7. The van der Waals surface area contributed by atoms with E-state index in [2.05, 4.69) is 19.9 Å². The topological polar surface area (TPSA) is 109 Å². The van der Waals surface area contributed by atoms with Gasteiger partial charge in [0.25, 0.3) is 5.88 Å². The summed E-state index contributed by atoms with van der Waals surface area (Å²) in [6.07, 6.45) is 5.69. The minimum atomic E-state index is 0.0802. The van der Waals surface area contributed by atoms with Gasteiger partial charge in [-0.25, -0.2) is 15.0 Å². The molecule has 9 heteroatoms. The Labute approximate surface area is 150 Å². The van der Waals surface area contributed by atoms with E-state index in [4.69, 9.17) is 24.9 Å². The lowest BCUT2D eigenvalue weighted by atomic mass is 10.2. The van der Waals surface area contributed by atoms with Crippen LogP contribution < -0.4 is 20.1 Å². The molecule has 0 spiro atoms. The molecule has 0 aromatic carbocycles. The Hall–Kier alpha value is -2.68. The Bertz CT molecular complexity index is 805. The van der Waals surface area contributed by atoms with Crippen molar-refractivity contribution in [3.8, 4) is 23.0 Å². The van der Waals surface area contributed by atoms with Gasteiger partial charge in [0.15, 0.2) is 11.6 Å². The largest absolute Gasteiger partial charge is 0.478 e. The van der Waals surface area contributed by atoms with Gasteiger partial charge in [0.1, 0.15) is 12.7 Å². The third kappa shape index (κ3) is 2.88. The highest BCUT2D eigenvalue weighted by Crippen LogP contribution is 2.44. The van der Waals surface area contributed by atoms with Gasteiger partial charge in [0.05, 0.1) is 18.8 Å². The van der Waals surface area contributed by atoms with Crippen molar-refractivity contribution in [2.45, 2.75) is 18.9 Å². The van der Waals surface area contributed by atoms with Gasteiger partial charge in [-0.2, -0.15) is 4.98 Å². The van der Waals surface area contributed by atoms with Gasteiger partial charge >= 0.3 is 0 Å². The van der Waals surface area contributed by atoms with Crippen molar-refractivity contribution in [1.29, 1.82) is 0 Å². The van der Waals surface area contributed by atoms with Crippen molar-refractivity contribution in [1.82, 2.24) is 19.9 Å². The molecule has 4 heterocycles. The van der Waals surface area contributed by atoms with Gasteiger partial charge in [-0.1, -0.05) is 0 Å². The van der Waals surface area contributed by atoms with E-state index in [0.717, 1.165) is 18.9 Å². The molecule has 1 atom stereocenters. The van der Waals surface area contributed by atoms with Gasteiger partial charge in [-0.15, -0.1) is 0 Å². The lowest BCUT2D eigenvalue weighted by Gasteiger charge is -2.33. The molecule has 0 bridgehead atoms. The molecular weight excluding hydrogens is 336 g/mol. The highest BCUT2D eigenvalue weighted by Gasteiger charge is 2.39. The molecule has 2 aromatic heterocycles. The standard InChI is InChI=1S/C17H20N6O3/c18-17-19-7-11(8-20-17)14-21-15(23-3-5-24-6-4-23)13-16(22-14)25-9-12(26-13)10-1-2-10/h7-8,10,12H,1-6,9H2,(H2,18,19,20). The van der Waals surface area contributed by atoms with Crippen LogP contribution in [0.1, 0.15) is 12.8 Å². The Morgan fingerprint density at radius 2 is 1.85 bits per heavy atom. The number of rotatable bonds is 3. The molecule has 1 unspecified atom stereocenters. The normalized spacial score (nSPS) is 22.3. The van der Waals surface area contributed by atoms with Gasteiger partial charge in [0.2, 0.25) is 11.7 Å². The second-order valence-electron chi connectivity index (χ2n) is 6.74. The number of aromatic nitrogens is 4. The van der Waals surface area contributed by atoms with E-state index in [1.807, 2.05) is 0 Å². The second kappa shape index (κ2) is 6.24. The zero-order valence-electron chi connectivity index (χ0n) is 14.3. The average molecular weight is 356 g/mol. The molecule has 2 aromatic rings. The second-order valence-corrected chi connectivity index (χ2v) is 6.74. The van der Waals surface area contributed by atoms with Crippen molar-refractivity contribution in [3.05, 3.63) is 12.4 Å². The predicted molar refractivity (Wildman–Crippen MR) is 93.1 cm³/mol. The molecule has 9 nitrogen and oxygen atoms in total. The molecule has 1 saturated heterocycles. The number of morpholine rings is 1. The predicted octanol–water partition coefficient (Wildman–Crippen LogP) is 0.902. The lowest BCUT2D eigenvalue weighted by molar-refractivity contribution is 0.0703. The molecule has 5 rings (SSSR count). The number of hydrogen-bond donors (Lipinski definition) is 1. The SMILES string of the molecule is Nc1ncc(-c2nc3c(c(N4CCOCC4)n2)OC(C2CC2)CO3)cn1. The molecular formula is C17H20N6O3. The molecule has 26 heavy (non-hydrogen) atoms. The molecule has 1 aliphatic carbocycles. The number of anilines is 2. The first kappa shape index (κ1) is 15.6. The zero-order chi connectivity index (χ0) is 17.5. The van der Waals surface area contributed by atoms with E-state index in [1.165, 1.54) is 12.8 Å². The van der Waals surface area contributed by atoms with E-state index in [-0.39, 0.29) is 12.1 Å². The Morgan fingerprint density at radius 1 is 1.08 bits per heavy atom. The first-order valence-electron chi connectivity index (χ1n) is 8.90. The molecule has 1 saturated carbocycles. The van der Waals surface area contributed by atoms with E-state index in [0.29, 0.717) is 48.8 Å². The Morgan fingerprint density at radius 3 is 2.58 bits per heavy atom. The Kier molecular flexibility index (Phi) is 3.74. The average Bonchev–Trinajstić information content (AvgIpc) is 3.53. The third-order valence-corrected chi connectivity index (χ3v) is 4.86. The van der Waals surface area contributed by atoms with E-state index in [9.17, 15) is 0 Å². The van der Waals surface area contributed by atoms with Crippen LogP contribution in [0.3, 0.4) is 0 Å². The fourth-order valence-electron chi connectivity index (χ4n) is 3.24. The first-order valence-corrected chi connectivity index (χ1v) is 8.90. The number of fused-ring (bicyclic) bond motifs is 1. The van der Waals surface area contributed by atoms with Crippen LogP contribution in [-0.2, 0) is 4.74 Å². The number of nitrogens with two attached hydrogens (primary N) is 1. The molecule has 2 N–H and O–H groups in total. The third-order valence-electron chi connectivity index (χ3n) is 4.86. The zero-order valence-corrected chi connectivity index (χ0v) is 14.3. The van der Waals surface area contributed by atoms with Crippen LogP contribution in [0.15, 0.2) is 12.4 Å². The van der Waals surface area contributed by atoms with E-state index in [1.54, 1.807) is 12.4 Å². The minimum absolute atomic E-state index is 0.0802. The van der Waals surface area contributed by atoms with Crippen molar-refractivity contribution in [3.63, 3.8) is 0 Å². The van der Waals surface area contributed by atoms with Crippen molar-refractivity contribution in [2.75, 3.05) is 43.5 Å². The summed E-state index contributed by atoms with van der Waals surface area (Å²) in [5.74, 6) is 3.15. The maximum Gasteiger partial charge on any atom is 0.263 e. The fourth-order valence-corrected chi connectivity index (χ4v) is 3.24. The summed E-state index contributed by atoms with van der Waals surface area (Å²) in [7, 11) is 0. The lowest BCUT2D eigenvalue weighted by Crippen LogP contribution is -2.39. The van der Waals surface area contributed by atoms with Gasteiger partial charge in [-0.05, 0) is 18.8 Å². The first-order chi connectivity index (χ1) is 12.8. The van der Waals surface area contributed by atoms with Crippen molar-refractivity contribution < 1.29 is 14.2 Å². The highest BCUT2D eigenvalue weighted by atomic mass is 16.6. The number of hydrogen-bond acceptors (Lipinski definition) is 9. The Balaban J connectivity index is 1.56. The minimum Gasteiger partial charge on any atom is -0.478 e. The van der Waals surface area contributed by atoms with Crippen LogP contribution >= 0.6 is 0 Å². The summed E-state index contributed by atoms with van der Waals surface area (Å²) in [4.78, 5) is 19.5. The van der Waals surface area contributed by atoms with Crippen LogP contribution in [0.5, 0.6) is 11.6 Å². The van der Waals surface area contributed by atoms with Crippen LogP contribution in [-0.4, -0.2) is 59.0 Å². The quantitative estimate of drug-likeness (QED) is 0.858. The number of nitrogens with zero attached hydrogens (tertiary/aromatic N) is 5. The van der Waals surface area contributed by atoms with Gasteiger partial charge in [-0.3, -0.25) is 0 Å². The van der Waals surface area contributed by atoms with E-state index < -0.39 is 0 Å². The maximum atomic E-state index is 6.27. The number of ether oxygens (including phenoxy) is 3. The molecule has 136 valence electrons. The molecule has 0 radical (unpaired) electrons. The highest BCUT2D eigenvalue weighted by molar-refractivity contribution is 5.65. The van der Waals surface area contributed by atoms with Crippen molar-refractivity contribution in [2.24, 2.45) is 5.92 Å². The summed E-state index contributed by atoms with van der Waals surface area (Å²) in [5.41, 5.74) is 6.27. The van der Waals surface area contributed by atoms with Crippen LogP contribution in [0.4, 0.5) is 11.8 Å². The molecule has 3 aliphatic rings. The van der Waals surface area contributed by atoms with Crippen molar-refractivity contribution >= 4 is 11.8 Å². The molecule has 0 amide bonds. The van der Waals surface area contributed by atoms with Crippen LogP contribution in [0.2, 0.25) is 0 Å².